The zero-order valence-electron chi connectivity index (χ0n) is 6.70. The Morgan fingerprint density at radius 3 is 2.92 bits per heavy atom. The lowest BCUT2D eigenvalue weighted by molar-refractivity contribution is 0.0616. The molecule has 0 aliphatic carbocycles. The van der Waals surface area contributed by atoms with Crippen LogP contribution in [0.5, 0.6) is 0 Å². The van der Waals surface area contributed by atoms with E-state index in [0.29, 0.717) is 5.69 Å². The first-order valence-electron chi connectivity index (χ1n) is 3.52. The molecule has 1 rings (SSSR count). The van der Waals surface area contributed by atoms with Gasteiger partial charge >= 0.3 is 0 Å². The van der Waals surface area contributed by atoms with Crippen molar-refractivity contribution in [3.63, 3.8) is 0 Å². The van der Waals surface area contributed by atoms with Crippen molar-refractivity contribution < 1.29 is 14.2 Å². The van der Waals surface area contributed by atoms with Crippen molar-refractivity contribution in [2.75, 3.05) is 13.7 Å². The molecule has 0 spiro atoms. The monoisotopic (exact) mass is 171 g/mol. The molecular formula is C8H10FNO2. The van der Waals surface area contributed by atoms with Gasteiger partial charge in [-0.15, -0.1) is 0 Å². The number of pyridine rings is 1. The first-order chi connectivity index (χ1) is 5.74. The van der Waals surface area contributed by atoms with E-state index < -0.39 is 11.9 Å². The van der Waals surface area contributed by atoms with E-state index in [2.05, 4.69) is 4.98 Å². The molecule has 66 valence electrons. The van der Waals surface area contributed by atoms with E-state index in [1.807, 2.05) is 0 Å². The minimum Gasteiger partial charge on any atom is -0.384 e. The molecule has 1 heterocycles. The maximum absolute atomic E-state index is 12.4. The van der Waals surface area contributed by atoms with Crippen molar-refractivity contribution >= 4 is 0 Å². The third kappa shape index (κ3) is 2.25. The fourth-order valence-corrected chi connectivity index (χ4v) is 0.828. The average molecular weight is 171 g/mol. The molecule has 1 aromatic rings. The van der Waals surface area contributed by atoms with Crippen LogP contribution in [0, 0.1) is 5.82 Å². The Bertz CT molecular complexity index is 237. The molecular weight excluding hydrogens is 161 g/mol. The molecule has 1 unspecified atom stereocenters. The summed E-state index contributed by atoms with van der Waals surface area (Å²) in [5, 5.41) is 9.30. The SMILES string of the molecule is COCC(O)c1ccc(F)cn1. The number of rotatable bonds is 3. The van der Waals surface area contributed by atoms with Gasteiger partial charge in [-0.25, -0.2) is 4.39 Å². The van der Waals surface area contributed by atoms with Gasteiger partial charge in [0.05, 0.1) is 18.5 Å². The van der Waals surface area contributed by atoms with Gasteiger partial charge < -0.3 is 9.84 Å². The number of hydrogen-bond acceptors (Lipinski definition) is 3. The van der Waals surface area contributed by atoms with Crippen molar-refractivity contribution in [2.45, 2.75) is 6.10 Å². The van der Waals surface area contributed by atoms with Crippen molar-refractivity contribution in [1.29, 1.82) is 0 Å². The van der Waals surface area contributed by atoms with Gasteiger partial charge in [-0.2, -0.15) is 0 Å². The molecule has 12 heavy (non-hydrogen) atoms. The summed E-state index contributed by atoms with van der Waals surface area (Å²) in [6.45, 7) is 0.165. The molecule has 0 bridgehead atoms. The molecule has 1 N–H and O–H groups in total. The molecule has 4 heteroatoms. The van der Waals surface area contributed by atoms with Crippen molar-refractivity contribution in [1.82, 2.24) is 4.98 Å². The van der Waals surface area contributed by atoms with Crippen LogP contribution in [0.4, 0.5) is 4.39 Å². The molecule has 0 aliphatic rings. The molecule has 3 nitrogen and oxygen atoms in total. The highest BCUT2D eigenvalue weighted by Crippen LogP contribution is 2.09. The van der Waals surface area contributed by atoms with Gasteiger partial charge in [0.2, 0.25) is 0 Å². The van der Waals surface area contributed by atoms with Crippen molar-refractivity contribution in [3.8, 4) is 0 Å². The van der Waals surface area contributed by atoms with E-state index in [-0.39, 0.29) is 6.61 Å². The summed E-state index contributed by atoms with van der Waals surface area (Å²) >= 11 is 0. The quantitative estimate of drug-likeness (QED) is 0.734. The number of methoxy groups -OCH3 is 1. The first-order valence-corrected chi connectivity index (χ1v) is 3.52. The molecule has 0 saturated carbocycles. The molecule has 0 radical (unpaired) electrons. The number of hydrogen-bond donors (Lipinski definition) is 1. The molecule has 0 aliphatic heterocycles. The topological polar surface area (TPSA) is 42.4 Å². The third-order valence-electron chi connectivity index (χ3n) is 1.42. The Morgan fingerprint density at radius 2 is 2.42 bits per heavy atom. The predicted molar refractivity (Wildman–Crippen MR) is 41.0 cm³/mol. The molecule has 0 amide bonds. The van der Waals surface area contributed by atoms with E-state index in [4.69, 9.17) is 4.74 Å². The Morgan fingerprint density at radius 1 is 1.67 bits per heavy atom. The minimum absolute atomic E-state index is 0.165. The van der Waals surface area contributed by atoms with Crippen LogP contribution in [0.15, 0.2) is 18.3 Å². The van der Waals surface area contributed by atoms with Crippen LogP contribution in [0.2, 0.25) is 0 Å². The average Bonchev–Trinajstić information content (AvgIpc) is 2.06. The highest BCUT2D eigenvalue weighted by atomic mass is 19.1. The van der Waals surface area contributed by atoms with E-state index >= 15 is 0 Å². The molecule has 0 fully saturated rings. The summed E-state index contributed by atoms with van der Waals surface area (Å²) in [5.41, 5.74) is 0.415. The zero-order valence-corrected chi connectivity index (χ0v) is 6.70. The van der Waals surface area contributed by atoms with Crippen LogP contribution >= 0.6 is 0 Å². The lowest BCUT2D eigenvalue weighted by atomic mass is 10.2. The molecule has 1 atom stereocenters. The summed E-state index contributed by atoms with van der Waals surface area (Å²) in [5.74, 6) is -0.414. The van der Waals surface area contributed by atoms with Crippen LogP contribution in [0.25, 0.3) is 0 Å². The highest BCUT2D eigenvalue weighted by Gasteiger charge is 2.07. The van der Waals surface area contributed by atoms with E-state index in [0.717, 1.165) is 6.20 Å². The molecule has 1 aromatic heterocycles. The Balaban J connectivity index is 2.68. The number of halogens is 1. The lowest BCUT2D eigenvalue weighted by Gasteiger charge is -2.07. The summed E-state index contributed by atoms with van der Waals surface area (Å²) < 4.78 is 17.1. The van der Waals surface area contributed by atoms with Gasteiger partial charge in [0.15, 0.2) is 0 Å². The normalized spacial score (nSPS) is 12.9. The van der Waals surface area contributed by atoms with Crippen LogP contribution in [0.3, 0.4) is 0 Å². The third-order valence-corrected chi connectivity index (χ3v) is 1.42. The van der Waals surface area contributed by atoms with E-state index in [1.165, 1.54) is 19.2 Å². The van der Waals surface area contributed by atoms with E-state index in [1.54, 1.807) is 0 Å². The second-order valence-electron chi connectivity index (χ2n) is 2.37. The van der Waals surface area contributed by atoms with Gasteiger partial charge in [-0.05, 0) is 12.1 Å². The summed E-state index contributed by atoms with van der Waals surface area (Å²) in [7, 11) is 1.48. The smallest absolute Gasteiger partial charge is 0.141 e. The zero-order chi connectivity index (χ0) is 8.97. The number of aromatic nitrogens is 1. The van der Waals surface area contributed by atoms with Crippen LogP contribution in [-0.4, -0.2) is 23.8 Å². The Labute approximate surface area is 69.8 Å². The van der Waals surface area contributed by atoms with Crippen molar-refractivity contribution in [3.05, 3.63) is 29.8 Å². The fourth-order valence-electron chi connectivity index (χ4n) is 0.828. The van der Waals surface area contributed by atoms with E-state index in [9.17, 15) is 9.50 Å². The molecule has 0 saturated heterocycles. The number of aliphatic hydroxyl groups excluding tert-OH is 1. The van der Waals surface area contributed by atoms with Crippen molar-refractivity contribution in [2.24, 2.45) is 0 Å². The maximum atomic E-state index is 12.4. The Hall–Kier alpha value is -1.00. The second kappa shape index (κ2) is 4.13. The summed E-state index contributed by atoms with van der Waals surface area (Å²) in [4.78, 5) is 3.69. The highest BCUT2D eigenvalue weighted by molar-refractivity contribution is 5.07. The fraction of sp³-hybridized carbons (Fsp3) is 0.375. The minimum atomic E-state index is -0.782. The second-order valence-corrected chi connectivity index (χ2v) is 2.37. The van der Waals surface area contributed by atoms with Crippen LogP contribution < -0.4 is 0 Å². The van der Waals surface area contributed by atoms with Gasteiger partial charge in [0, 0.05) is 7.11 Å². The van der Waals surface area contributed by atoms with Crippen LogP contribution in [0.1, 0.15) is 11.8 Å². The standard InChI is InChI=1S/C8H10FNO2/c1-12-5-8(11)7-3-2-6(9)4-10-7/h2-4,8,11H,5H2,1H3. The van der Waals surface area contributed by atoms with Gasteiger partial charge in [-0.1, -0.05) is 0 Å². The number of nitrogens with zero attached hydrogens (tertiary/aromatic N) is 1. The Kier molecular flexibility index (Phi) is 3.13. The molecule has 0 aromatic carbocycles. The first kappa shape index (κ1) is 9.09. The number of aliphatic hydroxyl groups is 1. The van der Waals surface area contributed by atoms with Gasteiger partial charge in [-0.3, -0.25) is 4.98 Å². The number of ether oxygens (including phenoxy) is 1. The lowest BCUT2D eigenvalue weighted by Crippen LogP contribution is -2.06. The summed E-state index contributed by atoms with van der Waals surface area (Å²) in [6, 6.07) is 2.68. The largest absolute Gasteiger partial charge is 0.384 e. The van der Waals surface area contributed by atoms with Gasteiger partial charge in [0.1, 0.15) is 11.9 Å². The van der Waals surface area contributed by atoms with Gasteiger partial charge in [0.25, 0.3) is 0 Å². The summed E-state index contributed by atoms with van der Waals surface area (Å²) in [6.07, 6.45) is 0.282. The predicted octanol–water partition coefficient (Wildman–Crippen LogP) is 0.901. The van der Waals surface area contributed by atoms with Crippen LogP contribution in [-0.2, 0) is 4.74 Å². The maximum Gasteiger partial charge on any atom is 0.141 e.